The van der Waals surface area contributed by atoms with Crippen LogP contribution in [0, 0.1) is 13.8 Å². The summed E-state index contributed by atoms with van der Waals surface area (Å²) in [6, 6.07) is 6.23. The second-order valence-corrected chi connectivity index (χ2v) is 2.69. The standard InChI is InChI=1S/C10H14N/c1-4-11-10-7-5-6-8(2)9(10)3/h5-7H,4H2,1-3H3. The number of nitrogens with zero attached hydrogens (tertiary/aromatic N) is 1. The van der Waals surface area contributed by atoms with Crippen LogP contribution in [0.5, 0.6) is 0 Å². The summed E-state index contributed by atoms with van der Waals surface area (Å²) in [5.74, 6) is 0. The lowest BCUT2D eigenvalue weighted by atomic mass is 10.1. The summed E-state index contributed by atoms with van der Waals surface area (Å²) in [5.41, 5.74) is 3.75. The minimum Gasteiger partial charge on any atom is -0.285 e. The Morgan fingerprint density at radius 3 is 2.64 bits per heavy atom. The first-order valence-corrected chi connectivity index (χ1v) is 3.99. The predicted molar refractivity (Wildman–Crippen MR) is 48.3 cm³/mol. The fourth-order valence-corrected chi connectivity index (χ4v) is 1.08. The summed E-state index contributed by atoms with van der Waals surface area (Å²) in [6.07, 6.45) is 0. The van der Waals surface area contributed by atoms with E-state index < -0.39 is 0 Å². The molecular formula is C10H14N. The molecule has 0 bridgehead atoms. The van der Waals surface area contributed by atoms with Crippen LogP contribution in [0.2, 0.25) is 0 Å². The van der Waals surface area contributed by atoms with Gasteiger partial charge in [-0.15, -0.1) is 0 Å². The molecule has 0 atom stereocenters. The van der Waals surface area contributed by atoms with E-state index in [4.69, 9.17) is 0 Å². The molecule has 0 fully saturated rings. The third-order valence-electron chi connectivity index (χ3n) is 1.90. The molecule has 0 aromatic heterocycles. The van der Waals surface area contributed by atoms with Crippen molar-refractivity contribution in [3.05, 3.63) is 29.3 Å². The highest BCUT2D eigenvalue weighted by Gasteiger charge is 1.98. The fraction of sp³-hybridized carbons (Fsp3) is 0.400. The van der Waals surface area contributed by atoms with Gasteiger partial charge in [-0.2, -0.15) is 0 Å². The van der Waals surface area contributed by atoms with E-state index in [1.165, 1.54) is 11.1 Å². The molecule has 0 saturated heterocycles. The maximum Gasteiger partial charge on any atom is 0.0605 e. The van der Waals surface area contributed by atoms with Crippen LogP contribution >= 0.6 is 0 Å². The van der Waals surface area contributed by atoms with Crippen LogP contribution in [-0.4, -0.2) is 6.54 Å². The van der Waals surface area contributed by atoms with Gasteiger partial charge in [-0.3, -0.25) is 5.32 Å². The third kappa shape index (κ3) is 1.73. The Balaban J connectivity index is 2.96. The topological polar surface area (TPSA) is 14.1 Å². The van der Waals surface area contributed by atoms with Gasteiger partial charge in [0.25, 0.3) is 0 Å². The van der Waals surface area contributed by atoms with Gasteiger partial charge >= 0.3 is 0 Å². The second-order valence-electron chi connectivity index (χ2n) is 2.69. The molecule has 0 aliphatic carbocycles. The van der Waals surface area contributed by atoms with Crippen molar-refractivity contribution in [2.75, 3.05) is 6.54 Å². The van der Waals surface area contributed by atoms with Crippen molar-refractivity contribution in [2.24, 2.45) is 0 Å². The molecule has 1 aromatic carbocycles. The molecule has 59 valence electrons. The lowest BCUT2D eigenvalue weighted by Crippen LogP contribution is -1.97. The van der Waals surface area contributed by atoms with Crippen LogP contribution in [-0.2, 0) is 0 Å². The summed E-state index contributed by atoms with van der Waals surface area (Å²) in [6.45, 7) is 7.15. The molecule has 0 saturated carbocycles. The lowest BCUT2D eigenvalue weighted by Gasteiger charge is -2.06. The average molecular weight is 148 g/mol. The number of hydrogen-bond donors (Lipinski definition) is 0. The molecular weight excluding hydrogens is 134 g/mol. The van der Waals surface area contributed by atoms with E-state index >= 15 is 0 Å². The number of rotatable bonds is 2. The fourth-order valence-electron chi connectivity index (χ4n) is 1.08. The van der Waals surface area contributed by atoms with Crippen LogP contribution in [0.4, 0.5) is 5.69 Å². The smallest absolute Gasteiger partial charge is 0.0605 e. The second kappa shape index (κ2) is 3.42. The highest BCUT2D eigenvalue weighted by atomic mass is 14.9. The van der Waals surface area contributed by atoms with Crippen molar-refractivity contribution in [1.29, 1.82) is 0 Å². The van der Waals surface area contributed by atoms with E-state index in [1.807, 2.05) is 0 Å². The first-order chi connectivity index (χ1) is 5.25. The predicted octanol–water partition coefficient (Wildman–Crippen LogP) is 2.56. The van der Waals surface area contributed by atoms with Crippen molar-refractivity contribution in [3.63, 3.8) is 0 Å². The lowest BCUT2D eigenvalue weighted by molar-refractivity contribution is 0.903. The quantitative estimate of drug-likeness (QED) is 0.612. The van der Waals surface area contributed by atoms with Crippen LogP contribution < -0.4 is 5.32 Å². The molecule has 1 aromatic rings. The van der Waals surface area contributed by atoms with E-state index in [-0.39, 0.29) is 0 Å². The van der Waals surface area contributed by atoms with Gasteiger partial charge in [-0.05, 0) is 38.0 Å². The maximum absolute atomic E-state index is 4.37. The Kier molecular flexibility index (Phi) is 2.53. The molecule has 0 amide bonds. The third-order valence-corrected chi connectivity index (χ3v) is 1.90. The Hall–Kier alpha value is -0.980. The van der Waals surface area contributed by atoms with Gasteiger partial charge in [0.05, 0.1) is 5.69 Å². The molecule has 1 heteroatoms. The number of aryl methyl sites for hydroxylation is 1. The van der Waals surface area contributed by atoms with E-state index in [9.17, 15) is 0 Å². The van der Waals surface area contributed by atoms with Crippen LogP contribution in [0.1, 0.15) is 18.1 Å². The zero-order chi connectivity index (χ0) is 8.27. The SMILES string of the molecule is CC[N]c1cccc(C)c1C. The molecule has 0 heterocycles. The maximum atomic E-state index is 4.37. The van der Waals surface area contributed by atoms with Gasteiger partial charge < -0.3 is 0 Å². The minimum atomic E-state index is 0.865. The van der Waals surface area contributed by atoms with Crippen molar-refractivity contribution in [3.8, 4) is 0 Å². The summed E-state index contributed by atoms with van der Waals surface area (Å²) in [4.78, 5) is 0. The zero-order valence-corrected chi connectivity index (χ0v) is 7.39. The Bertz CT molecular complexity index is 241. The van der Waals surface area contributed by atoms with Crippen LogP contribution in [0.15, 0.2) is 18.2 Å². The van der Waals surface area contributed by atoms with E-state index in [0.717, 1.165) is 12.2 Å². The number of benzene rings is 1. The normalized spacial score (nSPS) is 9.73. The molecule has 11 heavy (non-hydrogen) atoms. The molecule has 0 aliphatic heterocycles. The van der Waals surface area contributed by atoms with Gasteiger partial charge in [-0.1, -0.05) is 12.1 Å². The van der Waals surface area contributed by atoms with Crippen LogP contribution in [0.25, 0.3) is 0 Å². The van der Waals surface area contributed by atoms with Crippen molar-refractivity contribution in [2.45, 2.75) is 20.8 Å². The van der Waals surface area contributed by atoms with Gasteiger partial charge in [0.2, 0.25) is 0 Å². The van der Waals surface area contributed by atoms with E-state index in [0.29, 0.717) is 0 Å². The van der Waals surface area contributed by atoms with Gasteiger partial charge in [0, 0.05) is 6.54 Å². The highest BCUT2D eigenvalue weighted by Crippen LogP contribution is 2.17. The van der Waals surface area contributed by atoms with Crippen molar-refractivity contribution in [1.82, 2.24) is 5.32 Å². The van der Waals surface area contributed by atoms with Crippen molar-refractivity contribution >= 4 is 5.69 Å². The largest absolute Gasteiger partial charge is 0.285 e. The van der Waals surface area contributed by atoms with E-state index in [2.05, 4.69) is 44.3 Å². The highest BCUT2D eigenvalue weighted by molar-refractivity contribution is 5.47. The first-order valence-electron chi connectivity index (χ1n) is 3.99. The molecule has 1 radical (unpaired) electrons. The Morgan fingerprint density at radius 1 is 1.27 bits per heavy atom. The van der Waals surface area contributed by atoms with Gasteiger partial charge in [0.15, 0.2) is 0 Å². The molecule has 1 nitrogen and oxygen atoms in total. The molecule has 0 aliphatic rings. The van der Waals surface area contributed by atoms with Gasteiger partial charge in [0.1, 0.15) is 0 Å². The minimum absolute atomic E-state index is 0.865. The number of hydrogen-bond acceptors (Lipinski definition) is 0. The average Bonchev–Trinajstić information content (AvgIpc) is 1.99. The zero-order valence-electron chi connectivity index (χ0n) is 7.39. The van der Waals surface area contributed by atoms with Gasteiger partial charge in [-0.25, -0.2) is 0 Å². The Labute approximate surface area is 68.4 Å². The summed E-state index contributed by atoms with van der Waals surface area (Å²) < 4.78 is 0. The molecule has 1 rings (SSSR count). The van der Waals surface area contributed by atoms with Crippen molar-refractivity contribution < 1.29 is 0 Å². The summed E-state index contributed by atoms with van der Waals surface area (Å²) >= 11 is 0. The van der Waals surface area contributed by atoms with Crippen LogP contribution in [0.3, 0.4) is 0 Å². The molecule has 0 spiro atoms. The molecule has 0 N–H and O–H groups in total. The summed E-state index contributed by atoms with van der Waals surface area (Å²) in [7, 11) is 0. The Morgan fingerprint density at radius 2 is 2.00 bits per heavy atom. The molecule has 0 unspecified atom stereocenters. The van der Waals surface area contributed by atoms with E-state index in [1.54, 1.807) is 0 Å². The summed E-state index contributed by atoms with van der Waals surface area (Å²) in [5, 5.41) is 4.37. The first kappa shape index (κ1) is 8.12. The monoisotopic (exact) mass is 148 g/mol.